The van der Waals surface area contributed by atoms with Crippen molar-refractivity contribution in [1.82, 2.24) is 14.8 Å². The number of carbonyl (C=O) groups excluding carboxylic acids is 1. The summed E-state index contributed by atoms with van der Waals surface area (Å²) in [6.45, 7) is 5.49. The minimum absolute atomic E-state index is 0.0998. The van der Waals surface area contributed by atoms with Crippen LogP contribution in [0.25, 0.3) is 0 Å². The Morgan fingerprint density at radius 3 is 2.73 bits per heavy atom. The number of nitrogens with zero attached hydrogens (tertiary/aromatic N) is 3. The molecule has 2 rings (SSSR count). The molecule has 1 amide bonds. The monoisotopic (exact) mass is 322 g/mol. The first-order valence-electron chi connectivity index (χ1n) is 7.80. The van der Waals surface area contributed by atoms with Gasteiger partial charge < -0.3 is 10.6 Å². The van der Waals surface area contributed by atoms with E-state index in [1.165, 1.54) is 5.56 Å². The Morgan fingerprint density at radius 2 is 2.14 bits per heavy atom. The van der Waals surface area contributed by atoms with Crippen molar-refractivity contribution in [2.45, 2.75) is 25.4 Å². The molecule has 6 heteroatoms. The van der Waals surface area contributed by atoms with Gasteiger partial charge in [0.25, 0.3) is 0 Å². The quantitative estimate of drug-likeness (QED) is 0.857. The van der Waals surface area contributed by atoms with E-state index < -0.39 is 0 Å². The molecule has 0 saturated carbocycles. The van der Waals surface area contributed by atoms with Crippen LogP contribution in [0.1, 0.15) is 24.9 Å². The lowest BCUT2D eigenvalue weighted by molar-refractivity contribution is -0.134. The lowest BCUT2D eigenvalue weighted by Crippen LogP contribution is -2.53. The third-order valence-electron chi connectivity index (χ3n) is 4.29. The Labute approximate surface area is 137 Å². The van der Waals surface area contributed by atoms with E-state index in [1.54, 1.807) is 18.0 Å². The molecule has 0 aromatic carbocycles. The number of piperazine rings is 1. The van der Waals surface area contributed by atoms with E-state index in [-0.39, 0.29) is 11.9 Å². The predicted octanol–water partition coefficient (Wildman–Crippen LogP) is 1.37. The number of aromatic nitrogens is 1. The van der Waals surface area contributed by atoms with Gasteiger partial charge in [0.2, 0.25) is 5.91 Å². The normalized spacial score (nSPS) is 19.0. The summed E-state index contributed by atoms with van der Waals surface area (Å²) in [5.74, 6) is 1.04. The summed E-state index contributed by atoms with van der Waals surface area (Å²) >= 11 is 1.73. The maximum Gasteiger partial charge on any atom is 0.239 e. The number of thioether (sulfide) groups is 1. The Bertz CT molecular complexity index is 462. The van der Waals surface area contributed by atoms with Gasteiger partial charge in [0, 0.05) is 44.6 Å². The number of pyridine rings is 1. The van der Waals surface area contributed by atoms with Crippen LogP contribution in [0.2, 0.25) is 0 Å². The molecule has 5 nitrogen and oxygen atoms in total. The molecule has 1 aromatic rings. The van der Waals surface area contributed by atoms with E-state index in [2.05, 4.69) is 22.9 Å². The smallest absolute Gasteiger partial charge is 0.239 e. The van der Waals surface area contributed by atoms with Crippen LogP contribution in [-0.4, -0.2) is 64.9 Å². The molecule has 0 bridgehead atoms. The number of hydrogen-bond donors (Lipinski definition) is 1. The zero-order valence-electron chi connectivity index (χ0n) is 13.4. The third kappa shape index (κ3) is 4.44. The number of amides is 1. The first kappa shape index (κ1) is 17.2. The molecular weight excluding hydrogens is 296 g/mol. The first-order chi connectivity index (χ1) is 10.6. The van der Waals surface area contributed by atoms with Crippen molar-refractivity contribution >= 4 is 17.7 Å². The van der Waals surface area contributed by atoms with Crippen molar-refractivity contribution in [2.75, 3.05) is 38.2 Å². The van der Waals surface area contributed by atoms with Crippen LogP contribution in [-0.2, 0) is 4.79 Å². The number of rotatable bonds is 6. The molecule has 2 heterocycles. The van der Waals surface area contributed by atoms with Gasteiger partial charge in [-0.2, -0.15) is 11.8 Å². The molecule has 2 atom stereocenters. The van der Waals surface area contributed by atoms with Crippen LogP contribution in [0, 0.1) is 0 Å². The minimum Gasteiger partial charge on any atom is -0.339 e. The van der Waals surface area contributed by atoms with E-state index in [9.17, 15) is 4.79 Å². The van der Waals surface area contributed by atoms with Crippen molar-refractivity contribution < 1.29 is 4.79 Å². The van der Waals surface area contributed by atoms with E-state index in [1.807, 2.05) is 23.4 Å². The van der Waals surface area contributed by atoms with Gasteiger partial charge in [-0.15, -0.1) is 0 Å². The van der Waals surface area contributed by atoms with Gasteiger partial charge in [-0.1, -0.05) is 6.07 Å². The molecule has 0 aliphatic carbocycles. The van der Waals surface area contributed by atoms with Gasteiger partial charge in [0.1, 0.15) is 0 Å². The third-order valence-corrected chi connectivity index (χ3v) is 4.93. The second kappa shape index (κ2) is 8.50. The van der Waals surface area contributed by atoms with Gasteiger partial charge in [-0.3, -0.25) is 14.7 Å². The summed E-state index contributed by atoms with van der Waals surface area (Å²) in [4.78, 5) is 20.8. The minimum atomic E-state index is -0.352. The van der Waals surface area contributed by atoms with Gasteiger partial charge >= 0.3 is 0 Å². The maximum atomic E-state index is 12.3. The lowest BCUT2D eigenvalue weighted by Gasteiger charge is -2.39. The fraction of sp³-hybridized carbons (Fsp3) is 0.625. The Kier molecular flexibility index (Phi) is 6.67. The van der Waals surface area contributed by atoms with E-state index in [4.69, 9.17) is 5.73 Å². The second-order valence-electron chi connectivity index (χ2n) is 5.71. The highest BCUT2D eigenvalue weighted by atomic mass is 32.2. The summed E-state index contributed by atoms with van der Waals surface area (Å²) in [6.07, 6.45) is 6.51. The topological polar surface area (TPSA) is 62.5 Å². The molecule has 0 spiro atoms. The summed E-state index contributed by atoms with van der Waals surface area (Å²) in [5, 5.41) is 0. The highest BCUT2D eigenvalue weighted by molar-refractivity contribution is 7.98. The van der Waals surface area contributed by atoms with Gasteiger partial charge in [0.05, 0.1) is 6.04 Å². The summed E-state index contributed by atoms with van der Waals surface area (Å²) in [7, 11) is 0. The number of carbonyl (C=O) groups is 1. The fourth-order valence-electron chi connectivity index (χ4n) is 2.77. The van der Waals surface area contributed by atoms with Crippen LogP contribution in [0.15, 0.2) is 24.5 Å². The van der Waals surface area contributed by atoms with Crippen LogP contribution in [0.3, 0.4) is 0 Å². The SMILES string of the molecule is CSCC[C@H](N)C(=O)N1CCN([C@@H](C)c2cccnc2)CC1. The van der Waals surface area contributed by atoms with Crippen molar-refractivity contribution in [1.29, 1.82) is 0 Å². The number of nitrogens with two attached hydrogens (primary N) is 1. The maximum absolute atomic E-state index is 12.3. The predicted molar refractivity (Wildman–Crippen MR) is 91.8 cm³/mol. The molecule has 1 saturated heterocycles. The molecule has 0 radical (unpaired) electrons. The Morgan fingerprint density at radius 1 is 1.41 bits per heavy atom. The fourth-order valence-corrected chi connectivity index (χ4v) is 3.26. The summed E-state index contributed by atoms with van der Waals surface area (Å²) < 4.78 is 0. The molecular formula is C16H26N4OS. The molecule has 1 aliphatic rings. The Hall–Kier alpha value is -1.11. The van der Waals surface area contributed by atoms with E-state index >= 15 is 0 Å². The van der Waals surface area contributed by atoms with Gasteiger partial charge in [0.15, 0.2) is 0 Å². The van der Waals surface area contributed by atoms with Crippen molar-refractivity contribution in [3.05, 3.63) is 30.1 Å². The van der Waals surface area contributed by atoms with Crippen LogP contribution in [0.4, 0.5) is 0 Å². The average Bonchev–Trinajstić information content (AvgIpc) is 2.59. The summed E-state index contributed by atoms with van der Waals surface area (Å²) in [6, 6.07) is 4.05. The zero-order valence-corrected chi connectivity index (χ0v) is 14.3. The standard InChI is InChI=1S/C16H26N4OS/c1-13(14-4-3-6-18-12-14)19-7-9-20(10-8-19)16(21)15(17)5-11-22-2/h3-4,6,12-13,15H,5,7-11,17H2,1-2H3/t13-,15-/m0/s1. The zero-order chi connectivity index (χ0) is 15.9. The molecule has 0 unspecified atom stereocenters. The molecule has 2 N–H and O–H groups in total. The van der Waals surface area contributed by atoms with Crippen LogP contribution >= 0.6 is 11.8 Å². The second-order valence-corrected chi connectivity index (χ2v) is 6.70. The van der Waals surface area contributed by atoms with Crippen molar-refractivity contribution in [3.63, 3.8) is 0 Å². The van der Waals surface area contributed by atoms with Crippen LogP contribution in [0.5, 0.6) is 0 Å². The summed E-state index contributed by atoms with van der Waals surface area (Å²) in [5.41, 5.74) is 7.21. The number of hydrogen-bond acceptors (Lipinski definition) is 5. The molecule has 1 aliphatic heterocycles. The molecule has 122 valence electrons. The highest BCUT2D eigenvalue weighted by Gasteiger charge is 2.27. The first-order valence-corrected chi connectivity index (χ1v) is 9.20. The Balaban J connectivity index is 1.84. The highest BCUT2D eigenvalue weighted by Crippen LogP contribution is 2.20. The largest absolute Gasteiger partial charge is 0.339 e. The van der Waals surface area contributed by atoms with E-state index in [0.29, 0.717) is 6.04 Å². The van der Waals surface area contributed by atoms with Crippen molar-refractivity contribution in [3.8, 4) is 0 Å². The van der Waals surface area contributed by atoms with Crippen molar-refractivity contribution in [2.24, 2.45) is 5.73 Å². The van der Waals surface area contributed by atoms with Gasteiger partial charge in [-0.05, 0) is 37.0 Å². The molecule has 1 aromatic heterocycles. The molecule has 22 heavy (non-hydrogen) atoms. The average molecular weight is 322 g/mol. The molecule has 1 fully saturated rings. The lowest BCUT2D eigenvalue weighted by atomic mass is 10.1. The van der Waals surface area contributed by atoms with Crippen LogP contribution < -0.4 is 5.73 Å². The van der Waals surface area contributed by atoms with E-state index in [0.717, 1.165) is 38.4 Å². The van der Waals surface area contributed by atoms with Gasteiger partial charge in [-0.25, -0.2) is 0 Å².